The first kappa shape index (κ1) is 20.3. The van der Waals surface area contributed by atoms with Crippen molar-refractivity contribution >= 4 is 16.8 Å². The summed E-state index contributed by atoms with van der Waals surface area (Å²) in [7, 11) is 1.72. The molecule has 29 heavy (non-hydrogen) atoms. The van der Waals surface area contributed by atoms with Gasteiger partial charge in [0.1, 0.15) is 12.3 Å². The maximum absolute atomic E-state index is 13.6. The molecule has 2 heterocycles. The Morgan fingerprint density at radius 2 is 1.76 bits per heavy atom. The molecular weight excluding hydrogens is 360 g/mol. The van der Waals surface area contributed by atoms with Gasteiger partial charge in [-0.15, -0.1) is 0 Å². The van der Waals surface area contributed by atoms with Gasteiger partial charge in [0.2, 0.25) is 5.91 Å². The molecule has 1 amide bonds. The lowest BCUT2D eigenvalue weighted by Crippen LogP contribution is -2.43. The van der Waals surface area contributed by atoms with Crippen LogP contribution >= 0.6 is 0 Å². The summed E-state index contributed by atoms with van der Waals surface area (Å²) in [6, 6.07) is 7.22. The third kappa shape index (κ3) is 3.78. The number of fused-ring (bicyclic) bond motifs is 3. The van der Waals surface area contributed by atoms with Crippen LogP contribution < -0.4 is 4.74 Å². The average molecular weight is 397 g/mol. The molecule has 1 aromatic heterocycles. The van der Waals surface area contributed by atoms with Gasteiger partial charge in [0.15, 0.2) is 0 Å². The van der Waals surface area contributed by atoms with Crippen molar-refractivity contribution in [1.29, 1.82) is 0 Å². The van der Waals surface area contributed by atoms with Gasteiger partial charge in [0.05, 0.1) is 12.6 Å². The number of carbonyl (C=O) groups is 1. The summed E-state index contributed by atoms with van der Waals surface area (Å²) >= 11 is 0. The Bertz CT molecular complexity index is 855. The highest BCUT2D eigenvalue weighted by Crippen LogP contribution is 2.35. The molecule has 4 heteroatoms. The summed E-state index contributed by atoms with van der Waals surface area (Å²) in [5.41, 5.74) is 4.01. The van der Waals surface area contributed by atoms with E-state index in [-0.39, 0.29) is 0 Å². The van der Waals surface area contributed by atoms with E-state index < -0.39 is 0 Å². The molecule has 0 bridgehead atoms. The smallest absolute Gasteiger partial charge is 0.243 e. The van der Waals surface area contributed by atoms with Gasteiger partial charge in [0.25, 0.3) is 0 Å². The highest BCUT2D eigenvalue weighted by atomic mass is 16.5. The van der Waals surface area contributed by atoms with Crippen LogP contribution in [0.4, 0.5) is 0 Å². The Kier molecular flexibility index (Phi) is 6.17. The minimum Gasteiger partial charge on any atom is -0.497 e. The second kappa shape index (κ2) is 8.81. The van der Waals surface area contributed by atoms with E-state index in [1.807, 2.05) is 0 Å². The van der Waals surface area contributed by atoms with Gasteiger partial charge < -0.3 is 14.2 Å². The first-order valence-electron chi connectivity index (χ1n) is 11.7. The molecule has 0 radical (unpaired) electrons. The third-order valence-corrected chi connectivity index (χ3v) is 7.03. The molecule has 1 saturated heterocycles. The van der Waals surface area contributed by atoms with Crippen LogP contribution in [0.2, 0.25) is 0 Å². The van der Waals surface area contributed by atoms with Crippen LogP contribution in [0.1, 0.15) is 76.5 Å². The number of aromatic nitrogens is 1. The fourth-order valence-corrected chi connectivity index (χ4v) is 5.74. The summed E-state index contributed by atoms with van der Waals surface area (Å²) in [5.74, 6) is 1.18. The fraction of sp³-hybridized carbons (Fsp3) is 0.640. The van der Waals surface area contributed by atoms with Crippen LogP contribution in [0, 0.1) is 0 Å². The lowest BCUT2D eigenvalue weighted by atomic mass is 9.95. The van der Waals surface area contributed by atoms with Crippen LogP contribution in [0.15, 0.2) is 18.2 Å². The van der Waals surface area contributed by atoms with E-state index in [1.54, 1.807) is 7.11 Å². The van der Waals surface area contributed by atoms with Gasteiger partial charge in [-0.05, 0) is 69.1 Å². The van der Waals surface area contributed by atoms with Crippen LogP contribution in [0.5, 0.6) is 5.75 Å². The number of rotatable bonds is 7. The molecule has 1 aliphatic carbocycles. The second-order valence-electron chi connectivity index (χ2n) is 8.86. The fourth-order valence-electron chi connectivity index (χ4n) is 5.74. The summed E-state index contributed by atoms with van der Waals surface area (Å²) in [5, 5.41) is 1.31. The number of hydrogen-bond donors (Lipinski definition) is 0. The maximum Gasteiger partial charge on any atom is 0.243 e. The maximum atomic E-state index is 13.6. The standard InChI is InChI=1S/C25H36N2O2/c1-4-8-18-12-13-19(9-5-2)27(18)25(28)17-26-23-11-7-6-10-21(23)22-15-14-20(29-3)16-24(22)26/h14-16,18-19H,4-13,17H2,1-3H3/t18-,19+. The highest BCUT2D eigenvalue weighted by Gasteiger charge is 2.36. The van der Waals surface area contributed by atoms with Crippen molar-refractivity contribution in [3.8, 4) is 5.75 Å². The summed E-state index contributed by atoms with van der Waals surface area (Å²) in [4.78, 5) is 15.9. The zero-order valence-corrected chi connectivity index (χ0v) is 18.4. The molecule has 158 valence electrons. The number of nitrogens with zero attached hydrogens (tertiary/aromatic N) is 2. The van der Waals surface area contributed by atoms with Gasteiger partial charge in [-0.25, -0.2) is 0 Å². The molecule has 0 unspecified atom stereocenters. The quantitative estimate of drug-likeness (QED) is 0.620. The van der Waals surface area contributed by atoms with Crippen LogP contribution in [-0.4, -0.2) is 34.6 Å². The molecule has 0 saturated carbocycles. The van der Waals surface area contributed by atoms with Crippen LogP contribution in [-0.2, 0) is 24.2 Å². The minimum atomic E-state index is 0.312. The molecule has 0 N–H and O–H groups in total. The number of aryl methyl sites for hydroxylation is 1. The van der Waals surface area contributed by atoms with Gasteiger partial charge in [-0.2, -0.15) is 0 Å². The number of carbonyl (C=O) groups excluding carboxylic acids is 1. The molecule has 1 aromatic carbocycles. The largest absolute Gasteiger partial charge is 0.497 e. The Labute approximate surface area is 175 Å². The van der Waals surface area contributed by atoms with Crippen molar-refractivity contribution in [2.45, 2.75) is 96.7 Å². The summed E-state index contributed by atoms with van der Waals surface area (Å²) in [6.45, 7) is 4.94. The second-order valence-corrected chi connectivity index (χ2v) is 8.86. The SMILES string of the molecule is CCC[C@@H]1CC[C@H](CCC)N1C(=O)Cn1c2c(c3ccc(OC)cc31)CCCC2. The van der Waals surface area contributed by atoms with E-state index in [4.69, 9.17) is 4.74 Å². The first-order valence-corrected chi connectivity index (χ1v) is 11.7. The van der Waals surface area contributed by atoms with E-state index in [0.29, 0.717) is 24.5 Å². The predicted octanol–water partition coefficient (Wildman–Crippen LogP) is 5.49. The Morgan fingerprint density at radius 3 is 2.41 bits per heavy atom. The molecule has 2 aliphatic rings. The van der Waals surface area contributed by atoms with Crippen molar-refractivity contribution in [1.82, 2.24) is 9.47 Å². The Morgan fingerprint density at radius 1 is 1.07 bits per heavy atom. The predicted molar refractivity (Wildman–Crippen MR) is 119 cm³/mol. The van der Waals surface area contributed by atoms with Crippen LogP contribution in [0.25, 0.3) is 10.9 Å². The van der Waals surface area contributed by atoms with E-state index in [1.165, 1.54) is 47.8 Å². The molecule has 0 spiro atoms. The third-order valence-electron chi connectivity index (χ3n) is 7.03. The lowest BCUT2D eigenvalue weighted by Gasteiger charge is -2.31. The molecule has 4 nitrogen and oxygen atoms in total. The topological polar surface area (TPSA) is 34.5 Å². The van der Waals surface area contributed by atoms with E-state index in [0.717, 1.165) is 44.3 Å². The van der Waals surface area contributed by atoms with E-state index in [9.17, 15) is 4.79 Å². The molecule has 2 aromatic rings. The zero-order valence-electron chi connectivity index (χ0n) is 18.4. The average Bonchev–Trinajstić information content (AvgIpc) is 3.27. The number of ether oxygens (including phenoxy) is 1. The molecule has 1 aliphatic heterocycles. The van der Waals surface area contributed by atoms with Crippen molar-refractivity contribution in [2.24, 2.45) is 0 Å². The molecular formula is C25H36N2O2. The van der Waals surface area contributed by atoms with E-state index in [2.05, 4.69) is 41.5 Å². The Balaban J connectivity index is 1.70. The number of benzene rings is 1. The van der Waals surface area contributed by atoms with Gasteiger partial charge in [0, 0.05) is 29.2 Å². The minimum absolute atomic E-state index is 0.312. The van der Waals surface area contributed by atoms with Crippen molar-refractivity contribution in [3.63, 3.8) is 0 Å². The van der Waals surface area contributed by atoms with Gasteiger partial charge in [-0.3, -0.25) is 4.79 Å². The van der Waals surface area contributed by atoms with Gasteiger partial charge in [-0.1, -0.05) is 26.7 Å². The number of methoxy groups -OCH3 is 1. The normalized spacial score (nSPS) is 21.6. The van der Waals surface area contributed by atoms with Gasteiger partial charge >= 0.3 is 0 Å². The summed E-state index contributed by atoms with van der Waals surface area (Å²) < 4.78 is 7.82. The number of likely N-dealkylation sites (tertiary alicyclic amines) is 1. The number of hydrogen-bond acceptors (Lipinski definition) is 2. The van der Waals surface area contributed by atoms with E-state index >= 15 is 0 Å². The first-order chi connectivity index (χ1) is 14.2. The molecule has 1 fully saturated rings. The molecule has 4 rings (SSSR count). The van der Waals surface area contributed by atoms with Crippen LogP contribution in [0.3, 0.4) is 0 Å². The highest BCUT2D eigenvalue weighted by molar-refractivity contribution is 5.89. The number of amides is 1. The summed E-state index contributed by atoms with van der Waals surface area (Å²) in [6.07, 6.45) is 11.6. The zero-order chi connectivity index (χ0) is 20.4. The lowest BCUT2D eigenvalue weighted by molar-refractivity contribution is -0.135. The monoisotopic (exact) mass is 396 g/mol. The van der Waals surface area contributed by atoms with Crippen molar-refractivity contribution in [3.05, 3.63) is 29.5 Å². The Hall–Kier alpha value is -1.97. The van der Waals surface area contributed by atoms with Crippen molar-refractivity contribution in [2.75, 3.05) is 7.11 Å². The van der Waals surface area contributed by atoms with Crippen molar-refractivity contribution < 1.29 is 9.53 Å². The molecule has 2 atom stereocenters.